The smallest absolute Gasteiger partial charge is 0.255 e. The van der Waals surface area contributed by atoms with Crippen LogP contribution < -0.4 is 5.56 Å². The van der Waals surface area contributed by atoms with Gasteiger partial charge in [-0.3, -0.25) is 14.7 Å². The van der Waals surface area contributed by atoms with Crippen molar-refractivity contribution < 1.29 is 0 Å². The van der Waals surface area contributed by atoms with Gasteiger partial charge in [0.1, 0.15) is 0 Å². The summed E-state index contributed by atoms with van der Waals surface area (Å²) in [6.45, 7) is 2.29. The highest BCUT2D eigenvalue weighted by Crippen LogP contribution is 2.17. The Morgan fingerprint density at radius 3 is 2.95 bits per heavy atom. The molecule has 0 bridgehead atoms. The Bertz CT molecular complexity index is 828. The van der Waals surface area contributed by atoms with Crippen molar-refractivity contribution in [2.45, 2.75) is 19.5 Å². The van der Waals surface area contributed by atoms with E-state index in [1.54, 1.807) is 0 Å². The van der Waals surface area contributed by atoms with E-state index in [4.69, 9.17) is 18.6 Å². The Morgan fingerprint density at radius 2 is 2.14 bits per heavy atom. The summed E-state index contributed by atoms with van der Waals surface area (Å²) < 4.78 is 0.379. The van der Waals surface area contributed by atoms with Crippen LogP contribution in [-0.2, 0) is 19.5 Å². The highest BCUT2D eigenvalue weighted by Gasteiger charge is 2.19. The molecule has 1 aliphatic heterocycles. The number of aromatic nitrogens is 2. The molecule has 0 aliphatic carbocycles. The van der Waals surface area contributed by atoms with Gasteiger partial charge in [-0.05, 0) is 30.3 Å². The van der Waals surface area contributed by atoms with Crippen LogP contribution in [0.3, 0.4) is 0 Å². The fourth-order valence-electron chi connectivity index (χ4n) is 2.71. The number of rotatable bonds is 2. The predicted octanol–water partition coefficient (Wildman–Crippen LogP) is 1.97. The molecule has 21 heavy (non-hydrogen) atoms. The molecule has 0 atom stereocenters. The highest BCUT2D eigenvalue weighted by molar-refractivity contribution is 7.71. The van der Waals surface area contributed by atoms with E-state index in [2.05, 4.69) is 20.8 Å². The zero-order chi connectivity index (χ0) is 14.8. The van der Waals surface area contributed by atoms with Crippen molar-refractivity contribution in [3.8, 4) is 12.3 Å². The van der Waals surface area contributed by atoms with Gasteiger partial charge in [-0.1, -0.05) is 24.1 Å². The third-order valence-corrected chi connectivity index (χ3v) is 3.96. The van der Waals surface area contributed by atoms with Crippen LogP contribution in [-0.4, -0.2) is 21.4 Å². The van der Waals surface area contributed by atoms with Crippen LogP contribution in [0, 0.1) is 17.1 Å². The van der Waals surface area contributed by atoms with Crippen LogP contribution >= 0.6 is 12.2 Å². The number of hydrogen-bond acceptors (Lipinski definition) is 3. The van der Waals surface area contributed by atoms with Gasteiger partial charge in [0.25, 0.3) is 5.56 Å². The van der Waals surface area contributed by atoms with E-state index >= 15 is 0 Å². The van der Waals surface area contributed by atoms with Gasteiger partial charge in [-0.2, -0.15) is 0 Å². The predicted molar refractivity (Wildman–Crippen MR) is 84.4 cm³/mol. The second-order valence-electron chi connectivity index (χ2n) is 5.13. The average Bonchev–Trinajstić information content (AvgIpc) is 2.47. The Labute approximate surface area is 127 Å². The number of benzene rings is 1. The first-order valence-electron chi connectivity index (χ1n) is 6.78. The molecule has 5 heteroatoms. The van der Waals surface area contributed by atoms with Crippen LogP contribution in [0.5, 0.6) is 0 Å². The third-order valence-electron chi connectivity index (χ3n) is 3.76. The van der Waals surface area contributed by atoms with Gasteiger partial charge in [-0.15, -0.1) is 6.42 Å². The maximum absolute atomic E-state index is 11.9. The van der Waals surface area contributed by atoms with Crippen LogP contribution in [0.1, 0.15) is 22.4 Å². The quantitative estimate of drug-likeness (QED) is 0.658. The lowest BCUT2D eigenvalue weighted by Gasteiger charge is -2.28. The molecule has 2 N–H and O–H groups in total. The van der Waals surface area contributed by atoms with Gasteiger partial charge in [0.15, 0.2) is 4.77 Å². The minimum Gasteiger partial charge on any atom is -0.334 e. The fraction of sp³-hybridized carbons (Fsp3) is 0.250. The van der Waals surface area contributed by atoms with Crippen LogP contribution in [0.15, 0.2) is 29.1 Å². The van der Waals surface area contributed by atoms with Gasteiger partial charge in [0.05, 0.1) is 0 Å². The highest BCUT2D eigenvalue weighted by atomic mass is 32.1. The molecule has 0 amide bonds. The maximum atomic E-state index is 11.9. The molecule has 0 radical (unpaired) electrons. The molecule has 4 nitrogen and oxygen atoms in total. The zero-order valence-electron chi connectivity index (χ0n) is 11.5. The summed E-state index contributed by atoms with van der Waals surface area (Å²) in [7, 11) is 0. The van der Waals surface area contributed by atoms with E-state index in [0.717, 1.165) is 41.9 Å². The summed E-state index contributed by atoms with van der Waals surface area (Å²) in [6, 6.07) is 7.93. The van der Waals surface area contributed by atoms with Crippen molar-refractivity contribution >= 4 is 12.2 Å². The molecule has 1 aliphatic rings. The van der Waals surface area contributed by atoms with Gasteiger partial charge in [0.2, 0.25) is 0 Å². The van der Waals surface area contributed by atoms with Gasteiger partial charge >= 0.3 is 0 Å². The molecule has 106 valence electrons. The zero-order valence-corrected chi connectivity index (χ0v) is 12.3. The summed E-state index contributed by atoms with van der Waals surface area (Å²) in [4.78, 5) is 19.9. The van der Waals surface area contributed by atoms with Crippen LogP contribution in [0.25, 0.3) is 0 Å². The van der Waals surface area contributed by atoms with Crippen molar-refractivity contribution in [2.24, 2.45) is 0 Å². The van der Waals surface area contributed by atoms with E-state index in [1.165, 1.54) is 0 Å². The summed E-state index contributed by atoms with van der Waals surface area (Å²) >= 11 is 5.04. The maximum Gasteiger partial charge on any atom is 0.255 e. The molecule has 0 unspecified atom stereocenters. The molecule has 2 heterocycles. The first-order chi connectivity index (χ1) is 10.2. The van der Waals surface area contributed by atoms with E-state index in [0.29, 0.717) is 11.3 Å². The fourth-order valence-corrected chi connectivity index (χ4v) is 2.92. The minimum atomic E-state index is -0.0718. The van der Waals surface area contributed by atoms with Crippen molar-refractivity contribution in [2.75, 3.05) is 6.54 Å². The monoisotopic (exact) mass is 297 g/mol. The van der Waals surface area contributed by atoms with Gasteiger partial charge in [0, 0.05) is 36.5 Å². The molecule has 0 fully saturated rings. The Hall–Kier alpha value is -2.16. The number of nitrogens with one attached hydrogen (secondary N) is 2. The number of aromatic amines is 2. The lowest BCUT2D eigenvalue weighted by atomic mass is 10.0. The van der Waals surface area contributed by atoms with Crippen LogP contribution in [0.2, 0.25) is 0 Å². The van der Waals surface area contributed by atoms with E-state index < -0.39 is 0 Å². The van der Waals surface area contributed by atoms with Crippen molar-refractivity contribution in [1.82, 2.24) is 14.9 Å². The summed E-state index contributed by atoms with van der Waals surface area (Å²) in [5.41, 5.74) is 3.70. The molecule has 1 aromatic heterocycles. The second-order valence-corrected chi connectivity index (χ2v) is 5.54. The number of nitrogens with zero attached hydrogens (tertiary/aromatic N) is 1. The molecule has 3 rings (SSSR count). The summed E-state index contributed by atoms with van der Waals surface area (Å²) in [6.07, 6.45) is 6.26. The van der Waals surface area contributed by atoms with Crippen molar-refractivity contribution in [3.63, 3.8) is 0 Å². The van der Waals surface area contributed by atoms with Crippen molar-refractivity contribution in [1.29, 1.82) is 0 Å². The standard InChI is InChI=1S/C16H15N3OS/c1-2-11-5-3-4-6-12(11)9-19-8-7-13-14(10-19)17-16(21)18-15(13)20/h1,3-6H,7-10H2,(H2,17,18,20,21). The first kappa shape index (κ1) is 13.8. The van der Waals surface area contributed by atoms with Crippen LogP contribution in [0.4, 0.5) is 0 Å². The molecule has 0 spiro atoms. The molecular weight excluding hydrogens is 282 g/mol. The first-order valence-corrected chi connectivity index (χ1v) is 7.19. The Morgan fingerprint density at radius 1 is 1.33 bits per heavy atom. The Balaban J connectivity index is 1.86. The van der Waals surface area contributed by atoms with E-state index in [1.807, 2.05) is 24.3 Å². The molecule has 0 saturated heterocycles. The normalized spacial score (nSPS) is 14.4. The summed E-state index contributed by atoms with van der Waals surface area (Å²) in [5, 5.41) is 0. The van der Waals surface area contributed by atoms with E-state index in [9.17, 15) is 4.79 Å². The molecule has 2 aromatic rings. The molecule has 1 aromatic carbocycles. The van der Waals surface area contributed by atoms with Gasteiger partial charge < -0.3 is 4.98 Å². The number of hydrogen-bond donors (Lipinski definition) is 2. The lowest BCUT2D eigenvalue weighted by molar-refractivity contribution is 0.240. The SMILES string of the molecule is C#Cc1ccccc1CN1CCc2c([nH]c(=S)[nH]c2=O)C1. The lowest BCUT2D eigenvalue weighted by Crippen LogP contribution is -2.35. The second kappa shape index (κ2) is 5.68. The average molecular weight is 297 g/mol. The van der Waals surface area contributed by atoms with Crippen molar-refractivity contribution in [3.05, 3.63) is 61.8 Å². The number of terminal acetylenes is 1. The van der Waals surface area contributed by atoms with Gasteiger partial charge in [-0.25, -0.2) is 0 Å². The largest absolute Gasteiger partial charge is 0.334 e. The number of fused-ring (bicyclic) bond motifs is 1. The Kier molecular flexibility index (Phi) is 3.74. The van der Waals surface area contributed by atoms with E-state index in [-0.39, 0.29) is 5.56 Å². The molecule has 0 saturated carbocycles. The topological polar surface area (TPSA) is 51.9 Å². The third kappa shape index (κ3) is 2.82. The summed E-state index contributed by atoms with van der Waals surface area (Å²) in [5.74, 6) is 2.72. The molecular formula is C16H15N3OS. The minimum absolute atomic E-state index is 0.0718. The number of H-pyrrole nitrogens is 2.